The van der Waals surface area contributed by atoms with E-state index in [4.69, 9.17) is 4.74 Å². The van der Waals surface area contributed by atoms with Crippen LogP contribution in [-0.2, 0) is 6.54 Å². The maximum absolute atomic E-state index is 12.9. The number of benzene rings is 2. The molecule has 2 aromatic carbocycles. The highest BCUT2D eigenvalue weighted by atomic mass is 19.1. The third kappa shape index (κ3) is 3.57. The Kier molecular flexibility index (Phi) is 4.59. The predicted molar refractivity (Wildman–Crippen MR) is 86.0 cm³/mol. The van der Waals surface area contributed by atoms with Gasteiger partial charge in [-0.3, -0.25) is 0 Å². The maximum atomic E-state index is 12.9. The second-order valence-electron chi connectivity index (χ2n) is 5.74. The number of hydrogen-bond donors (Lipinski definition) is 1. The molecule has 0 spiro atoms. The van der Waals surface area contributed by atoms with Crippen molar-refractivity contribution in [3.63, 3.8) is 0 Å². The SMILES string of the molecule is COc1ccc(N2CC[NH+](Cc3ccc(F)cc3)CC2)cc1. The van der Waals surface area contributed by atoms with Crippen LogP contribution in [0.25, 0.3) is 0 Å². The minimum Gasteiger partial charge on any atom is -0.497 e. The van der Waals surface area contributed by atoms with Crippen LogP contribution >= 0.6 is 0 Å². The van der Waals surface area contributed by atoms with Gasteiger partial charge < -0.3 is 14.5 Å². The molecular formula is C18H22FN2O+. The number of piperazine rings is 1. The molecule has 0 saturated carbocycles. The Labute approximate surface area is 130 Å². The number of nitrogens with one attached hydrogen (secondary N) is 1. The molecule has 1 aliphatic heterocycles. The maximum Gasteiger partial charge on any atom is 0.123 e. The Bertz CT molecular complexity index is 589. The van der Waals surface area contributed by atoms with Crippen molar-refractivity contribution in [2.45, 2.75) is 6.54 Å². The average molecular weight is 301 g/mol. The van der Waals surface area contributed by atoms with Crippen LogP contribution in [-0.4, -0.2) is 33.3 Å². The molecule has 1 aliphatic rings. The largest absolute Gasteiger partial charge is 0.497 e. The molecule has 0 bridgehead atoms. The van der Waals surface area contributed by atoms with Crippen molar-refractivity contribution >= 4 is 5.69 Å². The zero-order valence-electron chi connectivity index (χ0n) is 12.9. The summed E-state index contributed by atoms with van der Waals surface area (Å²) >= 11 is 0. The van der Waals surface area contributed by atoms with Crippen LogP contribution in [0.1, 0.15) is 5.56 Å². The highest BCUT2D eigenvalue weighted by Gasteiger charge is 2.20. The molecule has 0 atom stereocenters. The standard InChI is InChI=1S/C18H21FN2O/c1-22-18-8-6-17(7-9-18)21-12-10-20(11-13-21)14-15-2-4-16(19)5-3-15/h2-9H,10-14H2,1H3/p+1. The van der Waals surface area contributed by atoms with E-state index in [0.29, 0.717) is 0 Å². The van der Waals surface area contributed by atoms with Crippen LogP contribution in [0.4, 0.5) is 10.1 Å². The molecular weight excluding hydrogens is 279 g/mol. The average Bonchev–Trinajstić information content (AvgIpc) is 2.58. The van der Waals surface area contributed by atoms with Gasteiger partial charge in [-0.25, -0.2) is 4.39 Å². The van der Waals surface area contributed by atoms with Crippen molar-refractivity contribution in [2.75, 3.05) is 38.2 Å². The summed E-state index contributed by atoms with van der Waals surface area (Å²) < 4.78 is 18.1. The van der Waals surface area contributed by atoms with E-state index in [-0.39, 0.29) is 5.82 Å². The summed E-state index contributed by atoms with van der Waals surface area (Å²) in [7, 11) is 1.69. The van der Waals surface area contributed by atoms with Crippen molar-refractivity contribution in [2.24, 2.45) is 0 Å². The summed E-state index contributed by atoms with van der Waals surface area (Å²) in [5.41, 5.74) is 2.45. The molecule has 2 aromatic rings. The number of anilines is 1. The lowest BCUT2D eigenvalue weighted by Gasteiger charge is -2.33. The Morgan fingerprint density at radius 2 is 1.64 bits per heavy atom. The Balaban J connectivity index is 1.54. The summed E-state index contributed by atoms with van der Waals surface area (Å²) in [5.74, 6) is 0.729. The minimum atomic E-state index is -0.164. The normalized spacial score (nSPS) is 15.8. The summed E-state index contributed by atoms with van der Waals surface area (Å²) in [5, 5.41) is 0. The lowest BCUT2D eigenvalue weighted by Crippen LogP contribution is -3.13. The van der Waals surface area contributed by atoms with Crippen LogP contribution < -0.4 is 14.5 Å². The van der Waals surface area contributed by atoms with E-state index < -0.39 is 0 Å². The van der Waals surface area contributed by atoms with E-state index in [1.165, 1.54) is 11.3 Å². The van der Waals surface area contributed by atoms with E-state index in [9.17, 15) is 4.39 Å². The molecule has 0 unspecified atom stereocenters. The van der Waals surface area contributed by atoms with Crippen molar-refractivity contribution < 1.29 is 14.0 Å². The number of nitrogens with zero attached hydrogens (tertiary/aromatic N) is 1. The van der Waals surface area contributed by atoms with Crippen molar-refractivity contribution in [3.05, 3.63) is 59.9 Å². The molecule has 22 heavy (non-hydrogen) atoms. The second-order valence-corrected chi connectivity index (χ2v) is 5.74. The van der Waals surface area contributed by atoms with Gasteiger partial charge in [-0.05, 0) is 36.4 Å². The topological polar surface area (TPSA) is 16.9 Å². The smallest absolute Gasteiger partial charge is 0.123 e. The first kappa shape index (κ1) is 14.9. The van der Waals surface area contributed by atoms with Gasteiger partial charge in [0.05, 0.1) is 33.3 Å². The van der Waals surface area contributed by atoms with Gasteiger partial charge in [-0.15, -0.1) is 0 Å². The number of ether oxygens (including phenoxy) is 1. The fourth-order valence-electron chi connectivity index (χ4n) is 2.94. The van der Waals surface area contributed by atoms with Crippen LogP contribution in [0.15, 0.2) is 48.5 Å². The summed E-state index contributed by atoms with van der Waals surface area (Å²) in [6, 6.07) is 15.1. The lowest BCUT2D eigenvalue weighted by molar-refractivity contribution is -0.914. The molecule has 0 radical (unpaired) electrons. The first-order valence-electron chi connectivity index (χ1n) is 7.71. The molecule has 0 aliphatic carbocycles. The van der Waals surface area contributed by atoms with E-state index in [2.05, 4.69) is 17.0 Å². The first-order valence-corrected chi connectivity index (χ1v) is 7.71. The van der Waals surface area contributed by atoms with E-state index >= 15 is 0 Å². The van der Waals surface area contributed by atoms with Gasteiger partial charge in [0.1, 0.15) is 18.1 Å². The fraction of sp³-hybridized carbons (Fsp3) is 0.333. The molecule has 3 rings (SSSR count). The van der Waals surface area contributed by atoms with E-state index in [1.54, 1.807) is 24.1 Å². The number of hydrogen-bond acceptors (Lipinski definition) is 2. The van der Waals surface area contributed by atoms with Gasteiger partial charge in [-0.1, -0.05) is 12.1 Å². The highest BCUT2D eigenvalue weighted by molar-refractivity contribution is 5.49. The van der Waals surface area contributed by atoms with Gasteiger partial charge in [-0.2, -0.15) is 0 Å². The fourth-order valence-corrected chi connectivity index (χ4v) is 2.94. The van der Waals surface area contributed by atoms with Crippen LogP contribution in [0.3, 0.4) is 0 Å². The van der Waals surface area contributed by atoms with Crippen LogP contribution in [0.5, 0.6) is 5.75 Å². The lowest BCUT2D eigenvalue weighted by atomic mass is 10.2. The number of methoxy groups -OCH3 is 1. The second kappa shape index (κ2) is 6.79. The predicted octanol–water partition coefficient (Wildman–Crippen LogP) is 1.74. The Morgan fingerprint density at radius 3 is 2.23 bits per heavy atom. The zero-order valence-corrected chi connectivity index (χ0v) is 12.9. The molecule has 3 nitrogen and oxygen atoms in total. The monoisotopic (exact) mass is 301 g/mol. The minimum absolute atomic E-state index is 0.164. The number of quaternary nitrogens is 1. The molecule has 116 valence electrons. The molecule has 1 fully saturated rings. The molecule has 0 amide bonds. The van der Waals surface area contributed by atoms with Gasteiger partial charge in [0.25, 0.3) is 0 Å². The third-order valence-corrected chi connectivity index (χ3v) is 4.28. The highest BCUT2D eigenvalue weighted by Crippen LogP contribution is 2.19. The van der Waals surface area contributed by atoms with Crippen molar-refractivity contribution in [1.29, 1.82) is 0 Å². The number of rotatable bonds is 4. The van der Waals surface area contributed by atoms with Crippen molar-refractivity contribution in [1.82, 2.24) is 0 Å². The van der Waals surface area contributed by atoms with E-state index in [1.807, 2.05) is 24.3 Å². The molecule has 4 heteroatoms. The van der Waals surface area contributed by atoms with Gasteiger partial charge in [0, 0.05) is 11.3 Å². The summed E-state index contributed by atoms with van der Waals surface area (Å²) in [6.07, 6.45) is 0. The quantitative estimate of drug-likeness (QED) is 0.926. The molecule has 1 N–H and O–H groups in total. The van der Waals surface area contributed by atoms with Gasteiger partial charge in [0.2, 0.25) is 0 Å². The van der Waals surface area contributed by atoms with Crippen LogP contribution in [0.2, 0.25) is 0 Å². The van der Waals surface area contributed by atoms with Gasteiger partial charge >= 0.3 is 0 Å². The Hall–Kier alpha value is -2.07. The molecule has 0 aromatic heterocycles. The Morgan fingerprint density at radius 1 is 1.00 bits per heavy atom. The molecule has 1 saturated heterocycles. The summed E-state index contributed by atoms with van der Waals surface area (Å²) in [4.78, 5) is 3.96. The van der Waals surface area contributed by atoms with Gasteiger partial charge in [0.15, 0.2) is 0 Å². The zero-order chi connectivity index (χ0) is 15.4. The third-order valence-electron chi connectivity index (χ3n) is 4.28. The van der Waals surface area contributed by atoms with Crippen LogP contribution in [0, 0.1) is 5.82 Å². The molecule has 1 heterocycles. The van der Waals surface area contributed by atoms with E-state index in [0.717, 1.165) is 38.5 Å². The number of halogens is 1. The first-order chi connectivity index (χ1) is 10.7. The summed E-state index contributed by atoms with van der Waals surface area (Å²) in [6.45, 7) is 5.26. The van der Waals surface area contributed by atoms with Crippen molar-refractivity contribution in [3.8, 4) is 5.75 Å².